The van der Waals surface area contributed by atoms with Crippen molar-refractivity contribution in [3.8, 4) is 5.75 Å². The van der Waals surface area contributed by atoms with E-state index in [-0.39, 0.29) is 18.4 Å². The van der Waals surface area contributed by atoms with Gasteiger partial charge in [-0.3, -0.25) is 4.79 Å². The van der Waals surface area contributed by atoms with E-state index in [0.29, 0.717) is 11.0 Å². The highest BCUT2D eigenvalue weighted by Crippen LogP contribution is 2.28. The Morgan fingerprint density at radius 2 is 2.15 bits per heavy atom. The van der Waals surface area contributed by atoms with E-state index in [4.69, 9.17) is 4.74 Å². The average molecular weight is 406 g/mol. The van der Waals surface area contributed by atoms with Crippen molar-refractivity contribution in [1.82, 2.24) is 9.97 Å². The summed E-state index contributed by atoms with van der Waals surface area (Å²) in [5.41, 5.74) is 0.738. The van der Waals surface area contributed by atoms with E-state index in [2.05, 4.69) is 29.1 Å². The summed E-state index contributed by atoms with van der Waals surface area (Å²) in [5.74, 6) is 2.30. The number of nitrogens with one attached hydrogen (secondary N) is 1. The molecule has 27 heavy (non-hydrogen) atoms. The first-order chi connectivity index (χ1) is 13.0. The maximum Gasteiger partial charge on any atom is 0.232 e. The van der Waals surface area contributed by atoms with Crippen LogP contribution in [0.4, 0.5) is 5.13 Å². The lowest BCUT2D eigenvalue weighted by atomic mass is 10.2. The molecule has 0 radical (unpaired) electrons. The zero-order valence-electron chi connectivity index (χ0n) is 16.2. The molecule has 0 aliphatic heterocycles. The zero-order valence-corrected chi connectivity index (χ0v) is 17.8. The molecule has 2 heterocycles. The third-order valence-electron chi connectivity index (χ3n) is 4.21. The van der Waals surface area contributed by atoms with Crippen LogP contribution >= 0.6 is 23.1 Å². The largest absolute Gasteiger partial charge is 0.490 e. The molecule has 3 rings (SSSR count). The maximum absolute atomic E-state index is 12.4. The van der Waals surface area contributed by atoms with Crippen LogP contribution in [-0.4, -0.2) is 27.7 Å². The fourth-order valence-corrected chi connectivity index (χ4v) is 4.52. The Hall–Kier alpha value is -1.60. The first-order valence-electron chi connectivity index (χ1n) is 9.50. The van der Waals surface area contributed by atoms with Gasteiger partial charge in [0.25, 0.3) is 0 Å². The molecule has 1 N–H and O–H groups in total. The molecule has 1 saturated carbocycles. The average Bonchev–Trinajstić information content (AvgIpc) is 3.24. The molecule has 7 heteroatoms. The molecule has 0 spiro atoms. The van der Waals surface area contributed by atoms with E-state index < -0.39 is 0 Å². The molecule has 146 valence electrons. The van der Waals surface area contributed by atoms with E-state index in [1.807, 2.05) is 19.1 Å². The predicted molar refractivity (Wildman–Crippen MR) is 112 cm³/mol. The number of ether oxygens (including phenoxy) is 1. The molecule has 0 atom stereocenters. The number of hydrogen-bond acceptors (Lipinski definition) is 6. The number of nitrogens with zero attached hydrogens (tertiary/aromatic N) is 2. The number of thioether (sulfide) groups is 1. The summed E-state index contributed by atoms with van der Waals surface area (Å²) in [4.78, 5) is 22.3. The van der Waals surface area contributed by atoms with Crippen molar-refractivity contribution < 1.29 is 9.53 Å². The second kappa shape index (κ2) is 9.55. The SMILES string of the molecule is Cc1cnc(NC(=O)Cc2cc(OC3CCCC3)cc(SCC(C)C)n2)s1. The number of anilines is 1. The summed E-state index contributed by atoms with van der Waals surface area (Å²) < 4.78 is 6.17. The predicted octanol–water partition coefficient (Wildman–Crippen LogP) is 5.10. The Morgan fingerprint density at radius 1 is 1.37 bits per heavy atom. The van der Waals surface area contributed by atoms with Crippen LogP contribution in [0.5, 0.6) is 5.75 Å². The number of hydrogen-bond donors (Lipinski definition) is 1. The Bertz CT molecular complexity index is 770. The van der Waals surface area contributed by atoms with Crippen LogP contribution in [-0.2, 0) is 11.2 Å². The number of carbonyl (C=O) groups excluding carboxylic acids is 1. The summed E-state index contributed by atoms with van der Waals surface area (Å²) in [6.45, 7) is 6.35. The van der Waals surface area contributed by atoms with Crippen molar-refractivity contribution in [2.24, 2.45) is 5.92 Å². The highest BCUT2D eigenvalue weighted by molar-refractivity contribution is 7.99. The summed E-state index contributed by atoms with van der Waals surface area (Å²) in [6.07, 6.45) is 6.94. The Morgan fingerprint density at radius 3 is 2.81 bits per heavy atom. The molecular formula is C20H27N3O2S2. The first-order valence-corrected chi connectivity index (χ1v) is 11.3. The van der Waals surface area contributed by atoms with Gasteiger partial charge in [0.15, 0.2) is 5.13 Å². The van der Waals surface area contributed by atoms with Crippen LogP contribution in [0.25, 0.3) is 0 Å². The summed E-state index contributed by atoms with van der Waals surface area (Å²) in [5, 5.41) is 4.41. The number of amides is 1. The van der Waals surface area contributed by atoms with Crippen LogP contribution < -0.4 is 10.1 Å². The fraction of sp³-hybridized carbons (Fsp3) is 0.550. The third kappa shape index (κ3) is 6.50. The van der Waals surface area contributed by atoms with Gasteiger partial charge in [-0.25, -0.2) is 9.97 Å². The Balaban J connectivity index is 1.70. The molecule has 1 amide bonds. The monoisotopic (exact) mass is 405 g/mol. The van der Waals surface area contributed by atoms with Gasteiger partial charge in [-0.2, -0.15) is 0 Å². The van der Waals surface area contributed by atoms with Gasteiger partial charge in [0.05, 0.1) is 23.2 Å². The second-order valence-corrected chi connectivity index (χ2v) is 9.64. The lowest BCUT2D eigenvalue weighted by molar-refractivity contribution is -0.115. The number of rotatable bonds is 8. The highest BCUT2D eigenvalue weighted by atomic mass is 32.2. The van der Waals surface area contributed by atoms with Gasteiger partial charge in [-0.1, -0.05) is 13.8 Å². The van der Waals surface area contributed by atoms with Crippen LogP contribution in [0.15, 0.2) is 23.4 Å². The van der Waals surface area contributed by atoms with Crippen molar-refractivity contribution in [1.29, 1.82) is 0 Å². The number of aryl methyl sites for hydroxylation is 1. The lowest BCUT2D eigenvalue weighted by Gasteiger charge is -2.15. The van der Waals surface area contributed by atoms with Gasteiger partial charge >= 0.3 is 0 Å². The van der Waals surface area contributed by atoms with E-state index in [1.54, 1.807) is 18.0 Å². The molecule has 1 fully saturated rings. The normalized spacial score (nSPS) is 14.7. The first kappa shape index (κ1) is 20.1. The molecular weight excluding hydrogens is 378 g/mol. The summed E-state index contributed by atoms with van der Waals surface area (Å²) in [6, 6.07) is 3.92. The summed E-state index contributed by atoms with van der Waals surface area (Å²) in [7, 11) is 0. The molecule has 0 unspecified atom stereocenters. The van der Waals surface area contributed by atoms with Crippen LogP contribution in [0.2, 0.25) is 0 Å². The standard InChI is InChI=1S/C20H27N3O2S2/c1-13(2)12-26-19-10-17(25-16-6-4-5-7-16)8-15(22-19)9-18(24)23-20-21-11-14(3)27-20/h8,10-11,13,16H,4-7,9,12H2,1-3H3,(H,21,23,24). The van der Waals surface area contributed by atoms with Crippen molar-refractivity contribution >= 4 is 34.1 Å². The number of aromatic nitrogens is 2. The van der Waals surface area contributed by atoms with Crippen molar-refractivity contribution in [3.05, 3.63) is 28.9 Å². The summed E-state index contributed by atoms with van der Waals surface area (Å²) >= 11 is 3.19. The van der Waals surface area contributed by atoms with E-state index in [9.17, 15) is 4.79 Å². The zero-order chi connectivity index (χ0) is 19.2. The molecule has 0 aromatic carbocycles. The Kier molecular flexibility index (Phi) is 7.13. The van der Waals surface area contributed by atoms with E-state index in [1.165, 1.54) is 24.2 Å². The second-order valence-electron chi connectivity index (χ2n) is 7.36. The number of thiazole rings is 1. The van der Waals surface area contributed by atoms with E-state index in [0.717, 1.165) is 39.9 Å². The van der Waals surface area contributed by atoms with Gasteiger partial charge in [-0.15, -0.1) is 23.1 Å². The lowest BCUT2D eigenvalue weighted by Crippen LogP contribution is -2.16. The van der Waals surface area contributed by atoms with Gasteiger partial charge in [0.1, 0.15) is 5.75 Å². The highest BCUT2D eigenvalue weighted by Gasteiger charge is 2.18. The molecule has 1 aliphatic carbocycles. The Labute approximate surface area is 169 Å². The maximum atomic E-state index is 12.4. The van der Waals surface area contributed by atoms with Crippen molar-refractivity contribution in [2.75, 3.05) is 11.1 Å². The van der Waals surface area contributed by atoms with Gasteiger partial charge < -0.3 is 10.1 Å². The molecule has 2 aromatic heterocycles. The van der Waals surface area contributed by atoms with Crippen LogP contribution in [0, 0.1) is 12.8 Å². The van der Waals surface area contributed by atoms with E-state index >= 15 is 0 Å². The van der Waals surface area contributed by atoms with Crippen molar-refractivity contribution in [2.45, 2.75) is 64.0 Å². The van der Waals surface area contributed by atoms with Gasteiger partial charge in [0.2, 0.25) is 5.91 Å². The van der Waals surface area contributed by atoms with Gasteiger partial charge in [0, 0.05) is 29.0 Å². The molecule has 2 aromatic rings. The minimum Gasteiger partial charge on any atom is -0.490 e. The quantitative estimate of drug-likeness (QED) is 0.619. The van der Waals surface area contributed by atoms with Crippen LogP contribution in [0.1, 0.15) is 50.1 Å². The molecule has 0 saturated heterocycles. The van der Waals surface area contributed by atoms with Crippen molar-refractivity contribution in [3.63, 3.8) is 0 Å². The van der Waals surface area contributed by atoms with Gasteiger partial charge in [-0.05, 0) is 38.5 Å². The van der Waals surface area contributed by atoms with Crippen LogP contribution in [0.3, 0.4) is 0 Å². The minimum atomic E-state index is -0.102. The fourth-order valence-electron chi connectivity index (χ4n) is 2.96. The topological polar surface area (TPSA) is 64.1 Å². The molecule has 1 aliphatic rings. The smallest absolute Gasteiger partial charge is 0.232 e. The minimum absolute atomic E-state index is 0.102. The molecule has 0 bridgehead atoms. The third-order valence-corrected chi connectivity index (χ3v) is 6.37. The number of carbonyl (C=O) groups is 1. The number of pyridine rings is 1. The molecule has 5 nitrogen and oxygen atoms in total.